The third-order valence-corrected chi connectivity index (χ3v) is 2.74. The maximum Gasteiger partial charge on any atom is 0.0412 e. The van der Waals surface area contributed by atoms with Gasteiger partial charge in [-0.05, 0) is 36.6 Å². The van der Waals surface area contributed by atoms with Crippen LogP contribution in [0.15, 0.2) is 24.3 Å². The van der Waals surface area contributed by atoms with Gasteiger partial charge >= 0.3 is 0 Å². The number of rotatable bonds is 0. The first-order valence-electron chi connectivity index (χ1n) is 3.27. The van der Waals surface area contributed by atoms with Crippen LogP contribution in [0, 0.1) is 6.92 Å². The summed E-state index contributed by atoms with van der Waals surface area (Å²) in [5, 5.41) is 1.97. The second-order valence-electron chi connectivity index (χ2n) is 2.39. The van der Waals surface area contributed by atoms with Crippen LogP contribution in [0.1, 0.15) is 4.88 Å². The second kappa shape index (κ2) is 2.50. The highest BCUT2D eigenvalue weighted by Crippen LogP contribution is 2.27. The first-order chi connectivity index (χ1) is 5.25. The lowest BCUT2D eigenvalue weighted by atomic mass is 10.2. The van der Waals surface area contributed by atoms with Crippen molar-refractivity contribution in [3.05, 3.63) is 41.1 Å². The average molecular weight is 182 g/mol. The molecule has 55 valence electrons. The largest absolute Gasteiger partial charge is 0.140 e. The molecule has 1 radical (unpaired) electrons. The highest BCUT2D eigenvalue weighted by atomic mass is 35.5. The summed E-state index contributed by atoms with van der Waals surface area (Å²) in [7, 11) is 0. The number of benzene rings is 1. The van der Waals surface area contributed by atoms with Gasteiger partial charge in [-0.3, -0.25) is 0 Å². The van der Waals surface area contributed by atoms with E-state index in [-0.39, 0.29) is 0 Å². The highest BCUT2D eigenvalue weighted by Gasteiger charge is 1.97. The number of thiophene rings is 1. The van der Waals surface area contributed by atoms with Crippen molar-refractivity contribution < 1.29 is 0 Å². The molecule has 0 saturated heterocycles. The fraction of sp³-hybridized carbons (Fsp3) is 0. The van der Waals surface area contributed by atoms with Gasteiger partial charge in [-0.2, -0.15) is 0 Å². The Balaban J connectivity index is 2.82. The van der Waals surface area contributed by atoms with Gasteiger partial charge in [-0.1, -0.05) is 11.6 Å². The molecule has 2 aromatic rings. The molecule has 0 aliphatic heterocycles. The lowest BCUT2D eigenvalue weighted by Gasteiger charge is -1.88. The summed E-state index contributed by atoms with van der Waals surface area (Å²) in [5.74, 6) is 0. The lowest BCUT2D eigenvalue weighted by Crippen LogP contribution is -1.61. The van der Waals surface area contributed by atoms with Crippen LogP contribution < -0.4 is 0 Å². The topological polar surface area (TPSA) is 0 Å². The third kappa shape index (κ3) is 1.26. The molecule has 0 N–H and O–H groups in total. The van der Waals surface area contributed by atoms with Gasteiger partial charge in [-0.25, -0.2) is 0 Å². The van der Waals surface area contributed by atoms with E-state index in [0.717, 1.165) is 9.90 Å². The van der Waals surface area contributed by atoms with Gasteiger partial charge in [0.1, 0.15) is 0 Å². The molecule has 1 aromatic carbocycles. The van der Waals surface area contributed by atoms with Crippen LogP contribution in [-0.4, -0.2) is 0 Å². The maximum atomic E-state index is 5.81. The van der Waals surface area contributed by atoms with E-state index in [4.69, 9.17) is 11.6 Å². The van der Waals surface area contributed by atoms with E-state index in [1.165, 1.54) is 10.1 Å². The summed E-state index contributed by atoms with van der Waals surface area (Å²) >= 11 is 7.50. The zero-order valence-corrected chi connectivity index (χ0v) is 7.38. The highest BCUT2D eigenvalue weighted by molar-refractivity contribution is 7.19. The molecule has 0 unspecified atom stereocenters. The Hall–Kier alpha value is -0.530. The molecule has 1 aromatic heterocycles. The standard InChI is InChI=1S/C9H6ClS/c1-6-4-7-5-8(10)2-3-9(7)11-6/h2-5H,1H2. The van der Waals surface area contributed by atoms with Crippen LogP contribution in [0.3, 0.4) is 0 Å². The van der Waals surface area contributed by atoms with Crippen LogP contribution in [0.5, 0.6) is 0 Å². The summed E-state index contributed by atoms with van der Waals surface area (Å²) in [6.45, 7) is 3.86. The Kier molecular flexibility index (Phi) is 1.63. The van der Waals surface area contributed by atoms with E-state index < -0.39 is 0 Å². The van der Waals surface area contributed by atoms with E-state index in [0.29, 0.717) is 0 Å². The molecule has 0 saturated carbocycles. The van der Waals surface area contributed by atoms with Gasteiger partial charge < -0.3 is 0 Å². The molecule has 0 aliphatic carbocycles. The monoisotopic (exact) mass is 181 g/mol. The predicted molar refractivity (Wildman–Crippen MR) is 51.3 cm³/mol. The summed E-state index contributed by atoms with van der Waals surface area (Å²) in [6.07, 6.45) is 0. The minimum atomic E-state index is 0.787. The molecule has 2 heteroatoms. The fourth-order valence-electron chi connectivity index (χ4n) is 1.07. The Morgan fingerprint density at radius 1 is 1.27 bits per heavy atom. The molecule has 0 fully saturated rings. The lowest BCUT2D eigenvalue weighted by molar-refractivity contribution is 1.83. The molecule has 1 heterocycles. The quantitative estimate of drug-likeness (QED) is 0.581. The van der Waals surface area contributed by atoms with Crippen LogP contribution in [0.25, 0.3) is 10.1 Å². The van der Waals surface area contributed by atoms with Gasteiger partial charge in [0.2, 0.25) is 0 Å². The Morgan fingerprint density at radius 2 is 2.09 bits per heavy atom. The minimum absolute atomic E-state index is 0.787. The molecular formula is C9H6ClS. The fourth-order valence-corrected chi connectivity index (χ4v) is 2.09. The zero-order valence-electron chi connectivity index (χ0n) is 5.80. The van der Waals surface area contributed by atoms with Crippen molar-refractivity contribution in [3.63, 3.8) is 0 Å². The summed E-state index contributed by atoms with van der Waals surface area (Å²) < 4.78 is 1.25. The first-order valence-corrected chi connectivity index (χ1v) is 4.46. The average Bonchev–Trinajstić information content (AvgIpc) is 2.27. The van der Waals surface area contributed by atoms with Crippen LogP contribution in [0.2, 0.25) is 5.02 Å². The van der Waals surface area contributed by atoms with Gasteiger partial charge in [-0.15, -0.1) is 11.3 Å². The molecule has 0 spiro atoms. The predicted octanol–water partition coefficient (Wildman–Crippen LogP) is 3.74. The van der Waals surface area contributed by atoms with Crippen LogP contribution >= 0.6 is 22.9 Å². The number of hydrogen-bond acceptors (Lipinski definition) is 1. The molecule has 0 nitrogen and oxygen atoms in total. The van der Waals surface area contributed by atoms with Gasteiger partial charge in [0.25, 0.3) is 0 Å². The molecular weight excluding hydrogens is 176 g/mol. The van der Waals surface area contributed by atoms with Crippen molar-refractivity contribution in [2.45, 2.75) is 0 Å². The van der Waals surface area contributed by atoms with Crippen molar-refractivity contribution in [2.24, 2.45) is 0 Å². The van der Waals surface area contributed by atoms with Crippen molar-refractivity contribution in [1.82, 2.24) is 0 Å². The SMILES string of the molecule is [CH2]c1cc2cc(Cl)ccc2s1. The maximum absolute atomic E-state index is 5.81. The number of halogens is 1. The Bertz CT molecular complexity index is 389. The summed E-state index contributed by atoms with van der Waals surface area (Å²) in [6, 6.07) is 7.94. The van der Waals surface area contributed by atoms with Gasteiger partial charge in [0.15, 0.2) is 0 Å². The van der Waals surface area contributed by atoms with Crippen LogP contribution in [-0.2, 0) is 0 Å². The van der Waals surface area contributed by atoms with E-state index >= 15 is 0 Å². The normalized spacial score (nSPS) is 10.7. The molecule has 2 rings (SSSR count). The van der Waals surface area contributed by atoms with Crippen molar-refractivity contribution in [2.75, 3.05) is 0 Å². The molecule has 0 atom stereocenters. The molecule has 0 aliphatic rings. The smallest absolute Gasteiger partial charge is 0.0412 e. The van der Waals surface area contributed by atoms with Crippen molar-refractivity contribution in [1.29, 1.82) is 0 Å². The minimum Gasteiger partial charge on any atom is -0.140 e. The van der Waals surface area contributed by atoms with Crippen molar-refractivity contribution >= 4 is 33.0 Å². The van der Waals surface area contributed by atoms with E-state index in [1.807, 2.05) is 24.3 Å². The van der Waals surface area contributed by atoms with E-state index in [9.17, 15) is 0 Å². The molecule has 11 heavy (non-hydrogen) atoms. The first kappa shape index (κ1) is 7.14. The summed E-state index contributed by atoms with van der Waals surface area (Å²) in [4.78, 5) is 1.09. The molecule has 0 bridgehead atoms. The van der Waals surface area contributed by atoms with Gasteiger partial charge in [0, 0.05) is 14.6 Å². The summed E-state index contributed by atoms with van der Waals surface area (Å²) in [5.41, 5.74) is 0. The molecule has 0 amide bonds. The van der Waals surface area contributed by atoms with E-state index in [1.54, 1.807) is 11.3 Å². The van der Waals surface area contributed by atoms with Crippen LogP contribution in [0.4, 0.5) is 0 Å². The second-order valence-corrected chi connectivity index (χ2v) is 4.00. The number of hydrogen-bond donors (Lipinski definition) is 0. The van der Waals surface area contributed by atoms with Crippen molar-refractivity contribution in [3.8, 4) is 0 Å². The Morgan fingerprint density at radius 3 is 2.91 bits per heavy atom. The number of fused-ring (bicyclic) bond motifs is 1. The zero-order chi connectivity index (χ0) is 7.84. The Labute approximate surface area is 74.4 Å². The third-order valence-electron chi connectivity index (χ3n) is 1.53. The van der Waals surface area contributed by atoms with Gasteiger partial charge in [0.05, 0.1) is 0 Å². The van der Waals surface area contributed by atoms with E-state index in [2.05, 4.69) is 6.92 Å².